The Bertz CT molecular complexity index is 97.1. The van der Waals surface area contributed by atoms with Crippen LogP contribution in [0.5, 0.6) is 0 Å². The molecule has 3 heteroatoms. The maximum absolute atomic E-state index is 5.98. The van der Waals surface area contributed by atoms with E-state index in [0.717, 1.165) is 19.6 Å². The lowest BCUT2D eigenvalue weighted by Crippen LogP contribution is -2.31. The second kappa shape index (κ2) is 2.86. The third-order valence-corrected chi connectivity index (χ3v) is 2.42. The molecule has 9 heavy (non-hydrogen) atoms. The van der Waals surface area contributed by atoms with E-state index in [1.807, 2.05) is 7.05 Å². The Kier molecular flexibility index (Phi) is 2.33. The Morgan fingerprint density at radius 2 is 2.22 bits per heavy atom. The fourth-order valence-electron chi connectivity index (χ4n) is 1.09. The van der Waals surface area contributed by atoms with E-state index in [0.29, 0.717) is 0 Å². The minimum absolute atomic E-state index is 0.134. The Balaban J connectivity index is 2.41. The van der Waals surface area contributed by atoms with Crippen LogP contribution in [0.1, 0.15) is 6.92 Å². The largest absolute Gasteiger partial charge is 0.277 e. The summed E-state index contributed by atoms with van der Waals surface area (Å²) in [6, 6.07) is 0. The number of hydrogen-bond acceptors (Lipinski definition) is 2. The van der Waals surface area contributed by atoms with Gasteiger partial charge in [0, 0.05) is 13.1 Å². The molecule has 0 aromatic carbocycles. The molecule has 0 aliphatic carbocycles. The normalized spacial score (nSPS) is 31.7. The SMILES string of the molecule is CCN1CCN(C)C1Cl. The zero-order chi connectivity index (χ0) is 6.85. The van der Waals surface area contributed by atoms with E-state index < -0.39 is 0 Å². The molecule has 0 aromatic rings. The van der Waals surface area contributed by atoms with E-state index in [-0.39, 0.29) is 5.62 Å². The van der Waals surface area contributed by atoms with Gasteiger partial charge in [-0.15, -0.1) is 0 Å². The van der Waals surface area contributed by atoms with Crippen LogP contribution in [0.4, 0.5) is 0 Å². The van der Waals surface area contributed by atoms with E-state index in [4.69, 9.17) is 11.6 Å². The van der Waals surface area contributed by atoms with Crippen LogP contribution in [-0.2, 0) is 0 Å². The van der Waals surface area contributed by atoms with E-state index in [1.165, 1.54) is 0 Å². The smallest absolute Gasteiger partial charge is 0.140 e. The molecule has 1 unspecified atom stereocenters. The molecule has 1 atom stereocenters. The quantitative estimate of drug-likeness (QED) is 0.401. The minimum Gasteiger partial charge on any atom is -0.277 e. The van der Waals surface area contributed by atoms with Crippen molar-refractivity contribution in [1.82, 2.24) is 9.80 Å². The van der Waals surface area contributed by atoms with Crippen molar-refractivity contribution in [3.8, 4) is 0 Å². The maximum Gasteiger partial charge on any atom is 0.140 e. The number of hydrogen-bond donors (Lipinski definition) is 0. The molecule has 0 aromatic heterocycles. The van der Waals surface area contributed by atoms with Crippen molar-refractivity contribution in [3.63, 3.8) is 0 Å². The van der Waals surface area contributed by atoms with Crippen LogP contribution in [0.3, 0.4) is 0 Å². The van der Waals surface area contributed by atoms with Crippen molar-refractivity contribution in [3.05, 3.63) is 0 Å². The van der Waals surface area contributed by atoms with Gasteiger partial charge in [0.2, 0.25) is 0 Å². The van der Waals surface area contributed by atoms with Gasteiger partial charge in [0.1, 0.15) is 5.62 Å². The molecular weight excluding hydrogens is 136 g/mol. The summed E-state index contributed by atoms with van der Waals surface area (Å²) in [5.74, 6) is 0. The average molecular weight is 149 g/mol. The molecule has 1 rings (SSSR count). The molecule has 0 saturated carbocycles. The highest BCUT2D eigenvalue weighted by Crippen LogP contribution is 2.14. The summed E-state index contributed by atoms with van der Waals surface area (Å²) in [5.41, 5.74) is 0.134. The lowest BCUT2D eigenvalue weighted by atomic mass is 10.6. The lowest BCUT2D eigenvalue weighted by molar-refractivity contribution is 0.244. The topological polar surface area (TPSA) is 6.48 Å². The molecule has 1 fully saturated rings. The van der Waals surface area contributed by atoms with Gasteiger partial charge in [0.15, 0.2) is 0 Å². The monoisotopic (exact) mass is 148 g/mol. The van der Waals surface area contributed by atoms with Crippen LogP contribution < -0.4 is 0 Å². The predicted molar refractivity (Wildman–Crippen MR) is 39.5 cm³/mol. The molecule has 2 nitrogen and oxygen atoms in total. The van der Waals surface area contributed by atoms with Gasteiger partial charge in [-0.05, 0) is 13.6 Å². The van der Waals surface area contributed by atoms with Gasteiger partial charge in [-0.25, -0.2) is 0 Å². The zero-order valence-corrected chi connectivity index (χ0v) is 6.73. The number of rotatable bonds is 1. The highest BCUT2D eigenvalue weighted by Gasteiger charge is 2.24. The summed E-state index contributed by atoms with van der Waals surface area (Å²) in [7, 11) is 2.05. The van der Waals surface area contributed by atoms with Gasteiger partial charge in [0.25, 0.3) is 0 Å². The van der Waals surface area contributed by atoms with Crippen molar-refractivity contribution in [2.75, 3.05) is 26.7 Å². The highest BCUT2D eigenvalue weighted by atomic mass is 35.5. The fourth-order valence-corrected chi connectivity index (χ4v) is 1.42. The number of nitrogens with zero attached hydrogens (tertiary/aromatic N) is 2. The fraction of sp³-hybridized carbons (Fsp3) is 1.00. The van der Waals surface area contributed by atoms with Gasteiger partial charge < -0.3 is 0 Å². The average Bonchev–Trinajstić information content (AvgIpc) is 2.15. The van der Waals surface area contributed by atoms with Crippen molar-refractivity contribution >= 4 is 11.6 Å². The molecule has 0 spiro atoms. The summed E-state index contributed by atoms with van der Waals surface area (Å²) in [6.45, 7) is 5.40. The van der Waals surface area contributed by atoms with Gasteiger partial charge in [0.05, 0.1) is 0 Å². The van der Waals surface area contributed by atoms with Gasteiger partial charge in [-0.2, -0.15) is 0 Å². The summed E-state index contributed by atoms with van der Waals surface area (Å²) in [4.78, 5) is 4.38. The van der Waals surface area contributed by atoms with E-state index >= 15 is 0 Å². The summed E-state index contributed by atoms with van der Waals surface area (Å²) in [6.07, 6.45) is 0. The third-order valence-electron chi connectivity index (χ3n) is 1.81. The summed E-state index contributed by atoms with van der Waals surface area (Å²) < 4.78 is 0. The van der Waals surface area contributed by atoms with Crippen LogP contribution in [0, 0.1) is 0 Å². The van der Waals surface area contributed by atoms with E-state index in [9.17, 15) is 0 Å². The Labute approximate surface area is 61.4 Å². The van der Waals surface area contributed by atoms with E-state index in [1.54, 1.807) is 0 Å². The molecule has 1 aliphatic rings. The van der Waals surface area contributed by atoms with E-state index in [2.05, 4.69) is 16.7 Å². The van der Waals surface area contributed by atoms with Crippen LogP contribution >= 0.6 is 11.6 Å². The first kappa shape index (κ1) is 7.32. The minimum atomic E-state index is 0.134. The summed E-state index contributed by atoms with van der Waals surface area (Å²) in [5, 5.41) is 0. The molecule has 1 saturated heterocycles. The zero-order valence-electron chi connectivity index (χ0n) is 5.97. The second-order valence-corrected chi connectivity index (χ2v) is 2.81. The first-order valence-corrected chi connectivity index (χ1v) is 3.77. The maximum atomic E-state index is 5.98. The van der Waals surface area contributed by atoms with Gasteiger partial charge in [-0.3, -0.25) is 9.80 Å². The molecule has 0 N–H and O–H groups in total. The Morgan fingerprint density at radius 3 is 2.44 bits per heavy atom. The first-order valence-electron chi connectivity index (χ1n) is 3.34. The standard InChI is InChI=1S/C6H13ClN2/c1-3-9-5-4-8(2)6(9)7/h6H,3-5H2,1-2H3. The van der Waals surface area contributed by atoms with Gasteiger partial charge >= 0.3 is 0 Å². The molecule has 0 amide bonds. The predicted octanol–water partition coefficient (Wildman–Crippen LogP) is 0.776. The lowest BCUT2D eigenvalue weighted by Gasteiger charge is -2.19. The first-order chi connectivity index (χ1) is 4.25. The van der Waals surface area contributed by atoms with Gasteiger partial charge in [-0.1, -0.05) is 18.5 Å². The van der Waals surface area contributed by atoms with Crippen molar-refractivity contribution in [2.24, 2.45) is 0 Å². The second-order valence-electron chi connectivity index (χ2n) is 2.42. The number of halogens is 1. The van der Waals surface area contributed by atoms with Crippen LogP contribution in [0.15, 0.2) is 0 Å². The molecule has 0 bridgehead atoms. The Hall–Kier alpha value is 0.210. The van der Waals surface area contributed by atoms with Crippen LogP contribution in [-0.4, -0.2) is 42.1 Å². The number of alkyl halides is 1. The van der Waals surface area contributed by atoms with Crippen molar-refractivity contribution in [2.45, 2.75) is 12.5 Å². The molecule has 1 heterocycles. The Morgan fingerprint density at radius 1 is 1.56 bits per heavy atom. The molecule has 0 radical (unpaired) electrons. The highest BCUT2D eigenvalue weighted by molar-refractivity contribution is 6.20. The molecule has 54 valence electrons. The number of likely N-dealkylation sites (N-methyl/N-ethyl adjacent to an activating group) is 2. The summed E-state index contributed by atoms with van der Waals surface area (Å²) >= 11 is 5.98. The van der Waals surface area contributed by atoms with Crippen LogP contribution in [0.25, 0.3) is 0 Å². The third kappa shape index (κ3) is 1.37. The van der Waals surface area contributed by atoms with Crippen molar-refractivity contribution < 1.29 is 0 Å². The van der Waals surface area contributed by atoms with Crippen LogP contribution in [0.2, 0.25) is 0 Å². The van der Waals surface area contributed by atoms with Crippen molar-refractivity contribution in [1.29, 1.82) is 0 Å². The molecule has 1 aliphatic heterocycles. The molecular formula is C6H13ClN2.